The molecule has 332 valence electrons. The van der Waals surface area contributed by atoms with E-state index in [2.05, 4.69) is 16.7 Å². The van der Waals surface area contributed by atoms with Gasteiger partial charge in [-0.05, 0) is 93.7 Å². The van der Waals surface area contributed by atoms with Gasteiger partial charge in [-0.1, -0.05) is 91.0 Å². The van der Waals surface area contributed by atoms with Crippen molar-refractivity contribution in [2.45, 2.75) is 23.9 Å². The average molecular weight is 914 g/mol. The number of nitrogens with one attached hydrogen (secondary N) is 2. The number of fused-ring (bicyclic) bond motifs is 2. The van der Waals surface area contributed by atoms with E-state index < -0.39 is 23.9 Å². The van der Waals surface area contributed by atoms with Gasteiger partial charge in [0.15, 0.2) is 0 Å². The molecule has 0 radical (unpaired) electrons. The van der Waals surface area contributed by atoms with E-state index in [9.17, 15) is 19.2 Å². The van der Waals surface area contributed by atoms with E-state index >= 15 is 0 Å². The molecule has 9 rings (SSSR count). The molecule has 0 fully saturated rings. The molecule has 66 heavy (non-hydrogen) atoms. The maximum atomic E-state index is 13.9. The Labute approximate surface area is 391 Å². The molecule has 2 N–H and O–H groups in total. The number of benzene rings is 5. The first-order valence-electron chi connectivity index (χ1n) is 21.4. The Kier molecular flexibility index (Phi) is 14.6. The van der Waals surface area contributed by atoms with Gasteiger partial charge in [0.1, 0.15) is 0 Å². The molecule has 2 aliphatic heterocycles. The number of amides is 4. The van der Waals surface area contributed by atoms with Crippen LogP contribution in [-0.4, -0.2) is 74.0 Å². The summed E-state index contributed by atoms with van der Waals surface area (Å²) in [5, 5.41) is 19.0. The van der Waals surface area contributed by atoms with Gasteiger partial charge in [0.25, 0.3) is 11.8 Å². The lowest BCUT2D eigenvalue weighted by Gasteiger charge is -2.41. The van der Waals surface area contributed by atoms with Crippen LogP contribution in [0, 0.1) is 11.3 Å². The Hall–Kier alpha value is -7.21. The van der Waals surface area contributed by atoms with Crippen molar-refractivity contribution < 1.29 is 28.7 Å². The van der Waals surface area contributed by atoms with Gasteiger partial charge in [-0.15, -0.1) is 22.7 Å². The fraction of sp³-hybridized carbons (Fsp3) is 0.189. The smallest absolute Gasteiger partial charge is 0.254 e. The molecule has 0 aliphatic carbocycles. The molecule has 0 saturated heterocycles. The second-order valence-electron chi connectivity index (χ2n) is 15.6. The van der Waals surface area contributed by atoms with Gasteiger partial charge in [0.05, 0.1) is 48.8 Å². The Bertz CT molecular complexity index is 2830. The summed E-state index contributed by atoms with van der Waals surface area (Å²) < 4.78 is 10.5. The van der Waals surface area contributed by atoms with Gasteiger partial charge in [-0.25, -0.2) is 0 Å². The minimum atomic E-state index is -0.583. The first kappa shape index (κ1) is 45.4. The molecule has 2 aliphatic rings. The summed E-state index contributed by atoms with van der Waals surface area (Å²) in [6.45, 7) is 1.55. The second-order valence-corrected chi connectivity index (χ2v) is 17.6. The minimum absolute atomic E-state index is 0.0776. The predicted octanol–water partition coefficient (Wildman–Crippen LogP) is 10.2. The van der Waals surface area contributed by atoms with Crippen LogP contribution in [-0.2, 0) is 19.1 Å². The van der Waals surface area contributed by atoms with Gasteiger partial charge < -0.3 is 29.9 Å². The quantitative estimate of drug-likeness (QED) is 0.117. The summed E-state index contributed by atoms with van der Waals surface area (Å²) in [5.41, 5.74) is 6.52. The SMILES string of the molecule is COCCN1C(=O)c2ccccc2C(C(=O)Nc2ccc(C#N)cc2)C1c1cccs1.COCCN1C(=O)c2ccccc2C(C(=O)Nc2cccc(-c3ccccc3)c2)C1c1cccs1. The van der Waals surface area contributed by atoms with Gasteiger partial charge in [-0.3, -0.25) is 19.2 Å². The van der Waals surface area contributed by atoms with E-state index in [1.165, 1.54) is 11.3 Å². The van der Waals surface area contributed by atoms with Crippen LogP contribution in [0.15, 0.2) is 162 Å². The third-order valence-electron chi connectivity index (χ3n) is 11.7. The molecule has 0 spiro atoms. The molecule has 4 atom stereocenters. The molecule has 0 bridgehead atoms. The summed E-state index contributed by atoms with van der Waals surface area (Å²) in [7, 11) is 3.21. The van der Waals surface area contributed by atoms with Crippen LogP contribution in [0.2, 0.25) is 0 Å². The van der Waals surface area contributed by atoms with Gasteiger partial charge >= 0.3 is 0 Å². The Morgan fingerprint density at radius 3 is 1.55 bits per heavy atom. The minimum Gasteiger partial charge on any atom is -0.383 e. The van der Waals surface area contributed by atoms with Gasteiger partial charge in [0, 0.05) is 59.6 Å². The molecule has 0 saturated carbocycles. The first-order chi connectivity index (χ1) is 32.3. The van der Waals surface area contributed by atoms with Crippen molar-refractivity contribution in [3.8, 4) is 17.2 Å². The van der Waals surface area contributed by atoms with Crippen molar-refractivity contribution in [3.05, 3.63) is 200 Å². The van der Waals surface area contributed by atoms with Crippen molar-refractivity contribution in [1.82, 2.24) is 9.80 Å². The number of carbonyl (C=O) groups excluding carboxylic acids is 4. The Morgan fingerprint density at radius 1 is 0.576 bits per heavy atom. The molecular weight excluding hydrogens is 867 g/mol. The fourth-order valence-electron chi connectivity index (χ4n) is 8.65. The van der Waals surface area contributed by atoms with Crippen molar-refractivity contribution >= 4 is 57.7 Å². The summed E-state index contributed by atoms with van der Waals surface area (Å²) in [6, 6.07) is 48.4. The number of nitrogens with zero attached hydrogens (tertiary/aromatic N) is 3. The topological polar surface area (TPSA) is 141 Å². The maximum absolute atomic E-state index is 13.9. The van der Waals surface area contributed by atoms with Gasteiger partial charge in [-0.2, -0.15) is 5.26 Å². The molecule has 11 nitrogen and oxygen atoms in total. The normalized spacial score (nSPS) is 17.4. The monoisotopic (exact) mass is 913 g/mol. The zero-order valence-corrected chi connectivity index (χ0v) is 38.0. The predicted molar refractivity (Wildman–Crippen MR) is 259 cm³/mol. The number of hydrogen-bond donors (Lipinski definition) is 2. The van der Waals surface area contributed by atoms with Crippen molar-refractivity contribution in [1.29, 1.82) is 5.26 Å². The van der Waals surface area contributed by atoms with E-state index in [4.69, 9.17) is 14.7 Å². The summed E-state index contributed by atoms with van der Waals surface area (Å²) in [5.74, 6) is -1.67. The van der Waals surface area contributed by atoms with E-state index in [0.29, 0.717) is 54.2 Å². The number of anilines is 2. The summed E-state index contributed by atoms with van der Waals surface area (Å²) in [4.78, 5) is 59.8. The lowest BCUT2D eigenvalue weighted by Crippen LogP contribution is -2.47. The lowest BCUT2D eigenvalue weighted by molar-refractivity contribution is -0.120. The molecular formula is C53H47N5O6S2. The zero-order chi connectivity index (χ0) is 46.0. The lowest BCUT2D eigenvalue weighted by atomic mass is 9.81. The highest BCUT2D eigenvalue weighted by Crippen LogP contribution is 2.46. The van der Waals surface area contributed by atoms with Gasteiger partial charge in [0.2, 0.25) is 11.8 Å². The molecule has 4 unspecified atom stereocenters. The highest BCUT2D eigenvalue weighted by Gasteiger charge is 2.46. The number of methoxy groups -OCH3 is 2. The second kappa shape index (κ2) is 21.2. The fourth-order valence-corrected chi connectivity index (χ4v) is 10.4. The molecule has 4 amide bonds. The summed E-state index contributed by atoms with van der Waals surface area (Å²) in [6.07, 6.45) is 0. The summed E-state index contributed by atoms with van der Waals surface area (Å²) >= 11 is 3.08. The average Bonchev–Trinajstić information content (AvgIpc) is 4.10. The number of carbonyl (C=O) groups is 4. The molecule has 7 aromatic rings. The van der Waals surface area contributed by atoms with Crippen LogP contribution in [0.25, 0.3) is 11.1 Å². The largest absolute Gasteiger partial charge is 0.383 e. The molecule has 2 aromatic heterocycles. The third kappa shape index (κ3) is 9.73. The van der Waals surface area contributed by atoms with Crippen molar-refractivity contribution in [2.24, 2.45) is 0 Å². The van der Waals surface area contributed by atoms with E-state index in [1.54, 1.807) is 71.8 Å². The van der Waals surface area contributed by atoms with Crippen molar-refractivity contribution in [2.75, 3.05) is 51.2 Å². The number of nitriles is 1. The number of rotatable bonds is 13. The van der Waals surface area contributed by atoms with Crippen LogP contribution >= 0.6 is 22.7 Å². The van der Waals surface area contributed by atoms with E-state index in [1.807, 2.05) is 126 Å². The molecule has 5 aromatic carbocycles. The van der Waals surface area contributed by atoms with Crippen LogP contribution in [0.4, 0.5) is 11.4 Å². The first-order valence-corrected chi connectivity index (χ1v) is 23.2. The van der Waals surface area contributed by atoms with Crippen LogP contribution in [0.1, 0.15) is 71.1 Å². The van der Waals surface area contributed by atoms with Crippen molar-refractivity contribution in [3.63, 3.8) is 0 Å². The zero-order valence-electron chi connectivity index (χ0n) is 36.3. The number of ether oxygens (including phenoxy) is 2. The van der Waals surface area contributed by atoms with Crippen LogP contribution in [0.5, 0.6) is 0 Å². The van der Waals surface area contributed by atoms with Crippen LogP contribution in [0.3, 0.4) is 0 Å². The number of thiophene rings is 2. The standard InChI is InChI=1S/C29H26N2O3S.C24H21N3O3S/c1-34-17-16-31-27(25-15-8-18-35-25)26(23-13-5-6-14-24(23)29(31)33)28(32)30-22-12-7-11-21(19-22)20-9-3-2-4-10-20;1-30-13-12-27-22(20-7-4-14-31-20)21(18-5-2-3-6-19(18)24(27)29)23(28)26-17-10-8-16(15-25)9-11-17/h2-15,18-19,26-27H,16-17H2,1H3,(H,30,32);2-11,14,21-22H,12-13H2,1H3,(H,26,28). The molecule has 4 heterocycles. The van der Waals surface area contributed by atoms with E-state index in [-0.39, 0.29) is 23.6 Å². The highest BCUT2D eigenvalue weighted by atomic mass is 32.1. The Morgan fingerprint density at radius 2 is 1.06 bits per heavy atom. The maximum Gasteiger partial charge on any atom is 0.254 e. The molecule has 13 heteroatoms. The Balaban J connectivity index is 0.000000181. The highest BCUT2D eigenvalue weighted by molar-refractivity contribution is 7.10. The number of hydrogen-bond acceptors (Lipinski definition) is 9. The van der Waals surface area contributed by atoms with Crippen LogP contribution < -0.4 is 10.6 Å². The van der Waals surface area contributed by atoms with E-state index in [0.717, 1.165) is 32.1 Å². The third-order valence-corrected chi connectivity index (χ3v) is 13.6.